The summed E-state index contributed by atoms with van der Waals surface area (Å²) < 4.78 is 1.84. The van der Waals surface area contributed by atoms with Crippen molar-refractivity contribution >= 4 is 22.5 Å². The lowest BCUT2D eigenvalue weighted by Crippen LogP contribution is -2.29. The lowest BCUT2D eigenvalue weighted by atomic mass is 10.2. The molecule has 0 atom stereocenters. The van der Waals surface area contributed by atoms with Crippen molar-refractivity contribution in [2.75, 3.05) is 18.4 Å². The van der Waals surface area contributed by atoms with Gasteiger partial charge < -0.3 is 10.3 Å². The molecular formula is C25H28N6O2. The molecule has 2 aromatic carbocycles. The predicted molar refractivity (Wildman–Crippen MR) is 130 cm³/mol. The summed E-state index contributed by atoms with van der Waals surface area (Å²) >= 11 is 0. The Hall–Kier alpha value is -3.78. The molecule has 0 aliphatic rings. The molecular weight excluding hydrogens is 416 g/mol. The molecule has 0 aliphatic carbocycles. The molecule has 8 heteroatoms. The van der Waals surface area contributed by atoms with E-state index in [2.05, 4.69) is 25.3 Å². The highest BCUT2D eigenvalue weighted by Gasteiger charge is 2.16. The monoisotopic (exact) mass is 444 g/mol. The second kappa shape index (κ2) is 9.79. The van der Waals surface area contributed by atoms with Crippen LogP contribution >= 0.6 is 0 Å². The van der Waals surface area contributed by atoms with Crippen molar-refractivity contribution in [2.45, 2.75) is 33.7 Å². The third kappa shape index (κ3) is 5.01. The van der Waals surface area contributed by atoms with Crippen molar-refractivity contribution in [1.82, 2.24) is 24.6 Å². The number of aryl methyl sites for hydroxylation is 1. The Balaban J connectivity index is 1.40. The summed E-state index contributed by atoms with van der Waals surface area (Å²) in [6.45, 7) is 7.60. The SMILES string of the molecule is CCN(CCC(=O)Nc1c(C)nn(-c2ccccc2)c1C)Cc1nc2ccccc2c(=O)[nH]1. The number of hydrogen-bond acceptors (Lipinski definition) is 5. The first-order valence-electron chi connectivity index (χ1n) is 11.1. The van der Waals surface area contributed by atoms with Gasteiger partial charge in [-0.1, -0.05) is 37.3 Å². The van der Waals surface area contributed by atoms with Crippen molar-refractivity contribution in [3.63, 3.8) is 0 Å². The summed E-state index contributed by atoms with van der Waals surface area (Å²) in [5.74, 6) is 0.518. The van der Waals surface area contributed by atoms with Gasteiger partial charge in [-0.05, 0) is 44.7 Å². The summed E-state index contributed by atoms with van der Waals surface area (Å²) in [6.07, 6.45) is 0.320. The van der Waals surface area contributed by atoms with Crippen LogP contribution in [0.25, 0.3) is 16.6 Å². The number of H-pyrrole nitrogens is 1. The van der Waals surface area contributed by atoms with Crippen molar-refractivity contribution in [3.05, 3.63) is 82.2 Å². The summed E-state index contributed by atoms with van der Waals surface area (Å²) in [4.78, 5) is 34.5. The minimum absolute atomic E-state index is 0.0766. The minimum atomic E-state index is -0.147. The van der Waals surface area contributed by atoms with Gasteiger partial charge in [0.1, 0.15) is 5.82 Å². The summed E-state index contributed by atoms with van der Waals surface area (Å²) in [5, 5.41) is 8.18. The molecule has 0 saturated heterocycles. The number of aromatic amines is 1. The molecule has 0 aliphatic heterocycles. The smallest absolute Gasteiger partial charge is 0.258 e. The van der Waals surface area contributed by atoms with E-state index in [9.17, 15) is 9.59 Å². The van der Waals surface area contributed by atoms with Crippen molar-refractivity contribution in [1.29, 1.82) is 0 Å². The topological polar surface area (TPSA) is 95.9 Å². The van der Waals surface area contributed by atoms with Gasteiger partial charge in [-0.15, -0.1) is 0 Å². The van der Waals surface area contributed by atoms with Gasteiger partial charge in [0.05, 0.1) is 40.2 Å². The predicted octanol–water partition coefficient (Wildman–Crippen LogP) is 3.58. The molecule has 4 rings (SSSR count). The van der Waals surface area contributed by atoms with E-state index in [1.54, 1.807) is 6.07 Å². The van der Waals surface area contributed by atoms with E-state index in [4.69, 9.17) is 0 Å². The third-order valence-electron chi connectivity index (χ3n) is 5.69. The number of nitrogens with zero attached hydrogens (tertiary/aromatic N) is 4. The molecule has 0 bridgehead atoms. The average molecular weight is 445 g/mol. The van der Waals surface area contributed by atoms with Gasteiger partial charge in [0, 0.05) is 13.0 Å². The number of hydrogen-bond donors (Lipinski definition) is 2. The Morgan fingerprint density at radius 3 is 2.58 bits per heavy atom. The molecule has 4 aromatic rings. The zero-order chi connectivity index (χ0) is 23.4. The molecule has 0 radical (unpaired) electrons. The van der Waals surface area contributed by atoms with Crippen molar-refractivity contribution in [2.24, 2.45) is 0 Å². The molecule has 0 unspecified atom stereocenters. The van der Waals surface area contributed by atoms with Gasteiger partial charge in [-0.25, -0.2) is 9.67 Å². The zero-order valence-corrected chi connectivity index (χ0v) is 19.1. The van der Waals surface area contributed by atoms with Crippen LogP contribution in [0, 0.1) is 13.8 Å². The lowest BCUT2D eigenvalue weighted by Gasteiger charge is -2.19. The van der Waals surface area contributed by atoms with Gasteiger partial charge >= 0.3 is 0 Å². The largest absolute Gasteiger partial charge is 0.323 e. The average Bonchev–Trinajstić information content (AvgIpc) is 3.10. The molecule has 33 heavy (non-hydrogen) atoms. The number of amides is 1. The van der Waals surface area contributed by atoms with Crippen molar-refractivity contribution in [3.8, 4) is 5.69 Å². The maximum atomic E-state index is 12.7. The highest BCUT2D eigenvalue weighted by Crippen LogP contribution is 2.23. The fourth-order valence-corrected chi connectivity index (χ4v) is 3.88. The van der Waals surface area contributed by atoms with Crippen LogP contribution in [0.2, 0.25) is 0 Å². The maximum Gasteiger partial charge on any atom is 0.258 e. The van der Waals surface area contributed by atoms with Gasteiger partial charge in [-0.2, -0.15) is 5.10 Å². The Bertz CT molecular complexity index is 1330. The molecule has 8 nitrogen and oxygen atoms in total. The quantitative estimate of drug-likeness (QED) is 0.433. The third-order valence-corrected chi connectivity index (χ3v) is 5.69. The Morgan fingerprint density at radius 2 is 1.82 bits per heavy atom. The van der Waals surface area contributed by atoms with E-state index >= 15 is 0 Å². The van der Waals surface area contributed by atoms with Gasteiger partial charge in [0.2, 0.25) is 5.91 Å². The van der Waals surface area contributed by atoms with E-state index < -0.39 is 0 Å². The number of aromatic nitrogens is 4. The molecule has 2 heterocycles. The van der Waals surface area contributed by atoms with E-state index in [0.717, 1.165) is 29.3 Å². The highest BCUT2D eigenvalue weighted by atomic mass is 16.1. The van der Waals surface area contributed by atoms with Crippen molar-refractivity contribution < 1.29 is 4.79 Å². The van der Waals surface area contributed by atoms with Crippen LogP contribution < -0.4 is 10.9 Å². The molecule has 0 saturated carbocycles. The zero-order valence-electron chi connectivity index (χ0n) is 19.1. The number of rotatable bonds is 8. The second-order valence-electron chi connectivity index (χ2n) is 7.99. The maximum absolute atomic E-state index is 12.7. The highest BCUT2D eigenvalue weighted by molar-refractivity contribution is 5.92. The molecule has 1 amide bonds. The minimum Gasteiger partial charge on any atom is -0.323 e. The number of benzene rings is 2. The number of nitrogens with one attached hydrogen (secondary N) is 2. The van der Waals surface area contributed by atoms with Crippen LogP contribution in [0.15, 0.2) is 59.4 Å². The molecule has 0 spiro atoms. The normalized spacial score (nSPS) is 11.3. The Kier molecular flexibility index (Phi) is 6.65. The first-order valence-corrected chi connectivity index (χ1v) is 11.1. The van der Waals surface area contributed by atoms with E-state index in [-0.39, 0.29) is 11.5 Å². The van der Waals surface area contributed by atoms with E-state index in [0.29, 0.717) is 36.2 Å². The van der Waals surface area contributed by atoms with Gasteiger partial charge in [0.25, 0.3) is 5.56 Å². The summed E-state index contributed by atoms with van der Waals surface area (Å²) in [6, 6.07) is 17.1. The van der Waals surface area contributed by atoms with Gasteiger partial charge in [0.15, 0.2) is 0 Å². The van der Waals surface area contributed by atoms with Crippen LogP contribution in [0.4, 0.5) is 5.69 Å². The van der Waals surface area contributed by atoms with Crippen LogP contribution in [-0.2, 0) is 11.3 Å². The Morgan fingerprint density at radius 1 is 1.09 bits per heavy atom. The lowest BCUT2D eigenvalue weighted by molar-refractivity contribution is -0.116. The number of fused-ring (bicyclic) bond motifs is 1. The molecule has 170 valence electrons. The van der Waals surface area contributed by atoms with E-state index in [1.807, 2.05) is 74.0 Å². The summed E-state index contributed by atoms with van der Waals surface area (Å²) in [5.41, 5.74) is 3.88. The standard InChI is InChI=1S/C25H28N6O2/c1-4-30(16-22-26-21-13-9-8-12-20(21)25(33)27-22)15-14-23(32)28-24-17(2)29-31(18(24)3)19-10-6-5-7-11-19/h5-13H,4,14-16H2,1-3H3,(H,28,32)(H,26,27,33). The fraction of sp³-hybridized carbons (Fsp3) is 0.280. The molecule has 0 fully saturated rings. The molecule has 2 N–H and O–H groups in total. The first kappa shape index (κ1) is 22.4. The fourth-order valence-electron chi connectivity index (χ4n) is 3.88. The molecule has 2 aromatic heterocycles. The first-order chi connectivity index (χ1) is 16.0. The van der Waals surface area contributed by atoms with Crippen LogP contribution in [-0.4, -0.2) is 43.6 Å². The van der Waals surface area contributed by atoms with Crippen LogP contribution in [0.5, 0.6) is 0 Å². The van der Waals surface area contributed by atoms with Gasteiger partial charge in [-0.3, -0.25) is 14.5 Å². The Labute approximate surface area is 192 Å². The van der Waals surface area contributed by atoms with E-state index in [1.165, 1.54) is 0 Å². The number of carbonyl (C=O) groups excluding carboxylic acids is 1. The second-order valence-corrected chi connectivity index (χ2v) is 7.99. The number of anilines is 1. The number of para-hydroxylation sites is 2. The van der Waals surface area contributed by atoms with Crippen LogP contribution in [0.3, 0.4) is 0 Å². The van der Waals surface area contributed by atoms with Crippen LogP contribution in [0.1, 0.15) is 30.6 Å². The summed E-state index contributed by atoms with van der Waals surface area (Å²) in [7, 11) is 0. The number of carbonyl (C=O) groups is 1.